The molecule has 0 atom stereocenters. The molecular formula is C17H19NO4. The van der Waals surface area contributed by atoms with Gasteiger partial charge < -0.3 is 18.8 Å². The number of hydrogen-bond acceptors (Lipinski definition) is 4. The SMILES string of the molecule is COC(=O)C(=CC=Cc1cc2cc(OC)ccc2n1C)OC. The molecule has 0 spiro atoms. The van der Waals surface area contributed by atoms with E-state index >= 15 is 0 Å². The summed E-state index contributed by atoms with van der Waals surface area (Å²) in [5.41, 5.74) is 2.10. The van der Waals surface area contributed by atoms with Crippen molar-refractivity contribution in [2.24, 2.45) is 7.05 Å². The van der Waals surface area contributed by atoms with Crippen LogP contribution in [0, 0.1) is 0 Å². The largest absolute Gasteiger partial charge is 0.497 e. The van der Waals surface area contributed by atoms with E-state index in [0.717, 1.165) is 22.3 Å². The minimum absolute atomic E-state index is 0.152. The van der Waals surface area contributed by atoms with Crippen LogP contribution in [0.4, 0.5) is 0 Å². The van der Waals surface area contributed by atoms with E-state index in [1.807, 2.05) is 37.4 Å². The number of ether oxygens (including phenoxy) is 3. The molecule has 0 aliphatic carbocycles. The van der Waals surface area contributed by atoms with Gasteiger partial charge in [0, 0.05) is 23.6 Å². The molecule has 0 bridgehead atoms. The molecule has 2 aromatic rings. The Bertz CT molecular complexity index is 740. The fraction of sp³-hybridized carbons (Fsp3) is 0.235. The lowest BCUT2D eigenvalue weighted by molar-refractivity contribution is -0.139. The Morgan fingerprint density at radius 3 is 2.55 bits per heavy atom. The Labute approximate surface area is 129 Å². The van der Waals surface area contributed by atoms with Gasteiger partial charge in [-0.05, 0) is 36.4 Å². The average molecular weight is 301 g/mol. The summed E-state index contributed by atoms with van der Waals surface area (Å²) in [6.07, 6.45) is 5.22. The van der Waals surface area contributed by atoms with Crippen LogP contribution < -0.4 is 4.74 Å². The Kier molecular flexibility index (Phi) is 4.88. The van der Waals surface area contributed by atoms with Crippen molar-refractivity contribution in [3.8, 4) is 5.75 Å². The number of carbonyl (C=O) groups is 1. The van der Waals surface area contributed by atoms with E-state index in [4.69, 9.17) is 9.47 Å². The molecule has 0 saturated heterocycles. The number of benzene rings is 1. The number of fused-ring (bicyclic) bond motifs is 1. The summed E-state index contributed by atoms with van der Waals surface area (Å²) in [5.74, 6) is 0.467. The minimum atomic E-state index is -0.506. The van der Waals surface area contributed by atoms with E-state index in [0.29, 0.717) is 0 Å². The summed E-state index contributed by atoms with van der Waals surface area (Å²) in [6.45, 7) is 0. The van der Waals surface area contributed by atoms with Crippen LogP contribution >= 0.6 is 0 Å². The third kappa shape index (κ3) is 3.14. The minimum Gasteiger partial charge on any atom is -0.497 e. The van der Waals surface area contributed by atoms with Crippen molar-refractivity contribution in [3.05, 3.63) is 47.9 Å². The predicted molar refractivity (Wildman–Crippen MR) is 85.6 cm³/mol. The number of aromatic nitrogens is 1. The van der Waals surface area contributed by atoms with Gasteiger partial charge in [-0.2, -0.15) is 0 Å². The van der Waals surface area contributed by atoms with Gasteiger partial charge in [0.25, 0.3) is 0 Å². The van der Waals surface area contributed by atoms with E-state index in [2.05, 4.69) is 9.30 Å². The number of nitrogens with zero attached hydrogens (tertiary/aromatic N) is 1. The fourth-order valence-corrected chi connectivity index (χ4v) is 2.19. The molecule has 0 unspecified atom stereocenters. The molecule has 5 heteroatoms. The smallest absolute Gasteiger partial charge is 0.373 e. The number of allylic oxidation sites excluding steroid dienone is 2. The monoisotopic (exact) mass is 301 g/mol. The van der Waals surface area contributed by atoms with Crippen LogP contribution in [0.2, 0.25) is 0 Å². The van der Waals surface area contributed by atoms with Crippen molar-refractivity contribution in [2.75, 3.05) is 21.3 Å². The highest BCUT2D eigenvalue weighted by atomic mass is 16.6. The summed E-state index contributed by atoms with van der Waals surface area (Å²) in [7, 11) is 6.38. The first-order chi connectivity index (χ1) is 10.6. The topological polar surface area (TPSA) is 49.7 Å². The van der Waals surface area contributed by atoms with Gasteiger partial charge in [-0.25, -0.2) is 4.79 Å². The molecular weight excluding hydrogens is 282 g/mol. The van der Waals surface area contributed by atoms with Gasteiger partial charge in [-0.15, -0.1) is 0 Å². The summed E-state index contributed by atoms with van der Waals surface area (Å²) < 4.78 is 16.9. The summed E-state index contributed by atoms with van der Waals surface area (Å²) >= 11 is 0. The van der Waals surface area contributed by atoms with Gasteiger partial charge in [0.15, 0.2) is 0 Å². The first-order valence-electron chi connectivity index (χ1n) is 6.75. The zero-order chi connectivity index (χ0) is 16.1. The van der Waals surface area contributed by atoms with Gasteiger partial charge in [0.1, 0.15) is 5.75 Å². The van der Waals surface area contributed by atoms with E-state index < -0.39 is 5.97 Å². The Morgan fingerprint density at radius 2 is 1.91 bits per heavy atom. The van der Waals surface area contributed by atoms with Crippen LogP contribution in [0.1, 0.15) is 5.69 Å². The molecule has 0 aliphatic rings. The zero-order valence-corrected chi connectivity index (χ0v) is 13.1. The lowest BCUT2D eigenvalue weighted by atomic mass is 10.2. The van der Waals surface area contributed by atoms with Crippen molar-refractivity contribution < 1.29 is 19.0 Å². The molecule has 0 aliphatic heterocycles. The van der Waals surface area contributed by atoms with Gasteiger partial charge in [-0.1, -0.05) is 6.08 Å². The molecule has 22 heavy (non-hydrogen) atoms. The lowest BCUT2D eigenvalue weighted by Gasteiger charge is -2.02. The number of esters is 1. The molecule has 1 aromatic heterocycles. The maximum absolute atomic E-state index is 11.4. The standard InChI is InChI=1S/C17H19NO4/c1-18-13(6-5-7-16(21-3)17(19)22-4)10-12-11-14(20-2)8-9-15(12)18/h5-11H,1-4H3. The number of aryl methyl sites for hydroxylation is 1. The van der Waals surface area contributed by atoms with Gasteiger partial charge in [0.2, 0.25) is 5.76 Å². The molecule has 0 amide bonds. The van der Waals surface area contributed by atoms with Crippen molar-refractivity contribution in [1.29, 1.82) is 0 Å². The van der Waals surface area contributed by atoms with E-state index in [1.54, 1.807) is 19.3 Å². The highest BCUT2D eigenvalue weighted by Gasteiger charge is 2.08. The summed E-state index contributed by atoms with van der Waals surface area (Å²) in [5, 5.41) is 1.09. The zero-order valence-electron chi connectivity index (χ0n) is 13.1. The van der Waals surface area contributed by atoms with E-state index in [-0.39, 0.29) is 5.76 Å². The molecule has 0 saturated carbocycles. The van der Waals surface area contributed by atoms with Crippen molar-refractivity contribution in [3.63, 3.8) is 0 Å². The van der Waals surface area contributed by atoms with Crippen LogP contribution in [0.15, 0.2) is 42.2 Å². The first kappa shape index (κ1) is 15.7. The number of carbonyl (C=O) groups excluding carboxylic acids is 1. The third-order valence-electron chi connectivity index (χ3n) is 3.41. The van der Waals surface area contributed by atoms with Gasteiger partial charge >= 0.3 is 5.97 Å². The van der Waals surface area contributed by atoms with Gasteiger partial charge in [0.05, 0.1) is 21.3 Å². The van der Waals surface area contributed by atoms with E-state index in [1.165, 1.54) is 14.2 Å². The highest BCUT2D eigenvalue weighted by Crippen LogP contribution is 2.24. The third-order valence-corrected chi connectivity index (χ3v) is 3.41. The lowest BCUT2D eigenvalue weighted by Crippen LogP contribution is -2.05. The van der Waals surface area contributed by atoms with Crippen molar-refractivity contribution in [1.82, 2.24) is 4.57 Å². The molecule has 1 aromatic carbocycles. The Balaban J connectivity index is 2.31. The molecule has 0 fully saturated rings. The van der Waals surface area contributed by atoms with E-state index in [9.17, 15) is 4.79 Å². The van der Waals surface area contributed by atoms with Crippen LogP contribution in [-0.2, 0) is 21.3 Å². The second kappa shape index (κ2) is 6.85. The van der Waals surface area contributed by atoms with Crippen LogP contribution in [0.25, 0.3) is 17.0 Å². The van der Waals surface area contributed by atoms with Crippen LogP contribution in [0.5, 0.6) is 5.75 Å². The molecule has 0 radical (unpaired) electrons. The second-order valence-corrected chi connectivity index (χ2v) is 4.64. The highest BCUT2D eigenvalue weighted by molar-refractivity contribution is 5.87. The van der Waals surface area contributed by atoms with Crippen molar-refractivity contribution >= 4 is 22.9 Å². The quantitative estimate of drug-likeness (QED) is 0.369. The second-order valence-electron chi connectivity index (χ2n) is 4.64. The molecule has 2 rings (SSSR count). The normalized spacial score (nSPS) is 11.9. The molecule has 1 heterocycles. The maximum Gasteiger partial charge on any atom is 0.373 e. The number of rotatable bonds is 5. The molecule has 0 N–H and O–H groups in total. The fourth-order valence-electron chi connectivity index (χ4n) is 2.19. The number of hydrogen-bond donors (Lipinski definition) is 0. The summed E-state index contributed by atoms with van der Waals surface area (Å²) in [6, 6.07) is 7.97. The number of methoxy groups -OCH3 is 3. The predicted octanol–water partition coefficient (Wildman–Crippen LogP) is 2.90. The average Bonchev–Trinajstić information content (AvgIpc) is 2.86. The molecule has 5 nitrogen and oxygen atoms in total. The van der Waals surface area contributed by atoms with Crippen molar-refractivity contribution in [2.45, 2.75) is 0 Å². The first-order valence-corrected chi connectivity index (χ1v) is 6.75. The van der Waals surface area contributed by atoms with Crippen LogP contribution in [-0.4, -0.2) is 31.9 Å². The Morgan fingerprint density at radius 1 is 1.14 bits per heavy atom. The summed E-state index contributed by atoms with van der Waals surface area (Å²) in [4.78, 5) is 11.4. The van der Waals surface area contributed by atoms with Gasteiger partial charge in [-0.3, -0.25) is 0 Å². The molecule has 116 valence electrons. The Hall–Kier alpha value is -2.69. The maximum atomic E-state index is 11.4. The van der Waals surface area contributed by atoms with Crippen LogP contribution in [0.3, 0.4) is 0 Å².